The third-order valence-electron chi connectivity index (χ3n) is 3.70. The van der Waals surface area contributed by atoms with E-state index < -0.39 is 4.92 Å². The summed E-state index contributed by atoms with van der Waals surface area (Å²) in [4.78, 5) is 17.9. The lowest BCUT2D eigenvalue weighted by Crippen LogP contribution is -2.58. The summed E-state index contributed by atoms with van der Waals surface area (Å²) in [6.45, 7) is 6.94. The highest BCUT2D eigenvalue weighted by atomic mass is 16.6. The number of nitrogens with one attached hydrogen (secondary N) is 1. The number of hydrogen-bond donors (Lipinski definition) is 1. The van der Waals surface area contributed by atoms with Crippen LogP contribution in [0.3, 0.4) is 0 Å². The SMILES string of the molecule is CCOC1CC(Nc2ncc([N+](=O)[O-])cn2)C1(C)C. The molecule has 0 aliphatic heterocycles. The molecule has 7 nitrogen and oxygen atoms in total. The molecule has 1 aliphatic carbocycles. The maximum Gasteiger partial charge on any atom is 0.305 e. The van der Waals surface area contributed by atoms with E-state index in [4.69, 9.17) is 4.74 Å². The van der Waals surface area contributed by atoms with Gasteiger partial charge in [0.05, 0.1) is 11.0 Å². The molecule has 0 aromatic carbocycles. The average Bonchev–Trinajstić information content (AvgIpc) is 2.38. The summed E-state index contributed by atoms with van der Waals surface area (Å²) in [6.07, 6.45) is 3.54. The monoisotopic (exact) mass is 266 g/mol. The summed E-state index contributed by atoms with van der Waals surface area (Å²) >= 11 is 0. The van der Waals surface area contributed by atoms with E-state index in [1.54, 1.807) is 0 Å². The van der Waals surface area contributed by atoms with Crippen molar-refractivity contribution in [2.45, 2.75) is 39.3 Å². The molecule has 2 atom stereocenters. The highest BCUT2D eigenvalue weighted by Crippen LogP contribution is 2.43. The maximum atomic E-state index is 10.5. The summed E-state index contributed by atoms with van der Waals surface area (Å²) in [5.74, 6) is 0.415. The van der Waals surface area contributed by atoms with Crippen molar-refractivity contribution in [3.8, 4) is 0 Å². The van der Waals surface area contributed by atoms with Crippen LogP contribution in [-0.4, -0.2) is 33.6 Å². The Morgan fingerprint density at radius 2 is 2.16 bits per heavy atom. The Morgan fingerprint density at radius 3 is 2.63 bits per heavy atom. The van der Waals surface area contributed by atoms with Gasteiger partial charge in [-0.3, -0.25) is 10.1 Å². The second kappa shape index (κ2) is 5.08. The Kier molecular flexibility index (Phi) is 3.66. The highest BCUT2D eigenvalue weighted by molar-refractivity contribution is 5.33. The molecule has 0 radical (unpaired) electrons. The number of nitro groups is 1. The van der Waals surface area contributed by atoms with E-state index in [1.807, 2.05) is 6.92 Å². The molecule has 1 fully saturated rings. The fourth-order valence-corrected chi connectivity index (χ4v) is 2.26. The second-order valence-electron chi connectivity index (χ2n) is 5.22. The van der Waals surface area contributed by atoms with Crippen LogP contribution in [0.4, 0.5) is 11.6 Å². The summed E-state index contributed by atoms with van der Waals surface area (Å²) in [7, 11) is 0. The molecular weight excluding hydrogens is 248 g/mol. The summed E-state index contributed by atoms with van der Waals surface area (Å²) in [5.41, 5.74) is -0.105. The molecule has 0 spiro atoms. The molecule has 1 N–H and O–H groups in total. The zero-order valence-corrected chi connectivity index (χ0v) is 11.3. The van der Waals surface area contributed by atoms with E-state index in [0.717, 1.165) is 6.42 Å². The Labute approximate surface area is 111 Å². The Hall–Kier alpha value is -1.76. The number of ether oxygens (including phenoxy) is 1. The number of nitrogens with zero attached hydrogens (tertiary/aromatic N) is 3. The van der Waals surface area contributed by atoms with Crippen LogP contribution in [0.15, 0.2) is 12.4 Å². The van der Waals surface area contributed by atoms with Gasteiger partial charge in [-0.2, -0.15) is 0 Å². The van der Waals surface area contributed by atoms with Crippen molar-refractivity contribution < 1.29 is 9.66 Å². The van der Waals surface area contributed by atoms with Gasteiger partial charge in [0.1, 0.15) is 12.4 Å². The average molecular weight is 266 g/mol. The fraction of sp³-hybridized carbons (Fsp3) is 0.667. The van der Waals surface area contributed by atoms with Crippen LogP contribution in [-0.2, 0) is 4.74 Å². The van der Waals surface area contributed by atoms with E-state index in [0.29, 0.717) is 12.6 Å². The van der Waals surface area contributed by atoms with Crippen LogP contribution >= 0.6 is 0 Å². The molecule has 1 aliphatic rings. The Balaban J connectivity index is 1.97. The quantitative estimate of drug-likeness (QED) is 0.647. The molecule has 0 amide bonds. The molecule has 19 heavy (non-hydrogen) atoms. The zero-order chi connectivity index (χ0) is 14.0. The molecule has 1 aromatic rings. The Bertz CT molecular complexity index is 461. The molecule has 7 heteroatoms. The molecule has 0 bridgehead atoms. The topological polar surface area (TPSA) is 90.2 Å². The van der Waals surface area contributed by atoms with Gasteiger partial charge in [0, 0.05) is 18.1 Å². The van der Waals surface area contributed by atoms with E-state index in [1.165, 1.54) is 12.4 Å². The predicted octanol–water partition coefficient (Wildman–Crippen LogP) is 2.00. The zero-order valence-electron chi connectivity index (χ0n) is 11.3. The lowest BCUT2D eigenvalue weighted by molar-refractivity contribution is -0.385. The first-order valence-electron chi connectivity index (χ1n) is 6.29. The standard InChI is InChI=1S/C12H18N4O3/c1-4-19-10-5-9(12(10,2)3)15-11-13-6-8(7-14-11)16(17)18/h6-7,9-10H,4-5H2,1-3H3,(H,13,14,15). The van der Waals surface area contributed by atoms with E-state index in [9.17, 15) is 10.1 Å². The smallest absolute Gasteiger partial charge is 0.305 e. The van der Waals surface area contributed by atoms with Gasteiger partial charge in [-0.1, -0.05) is 13.8 Å². The van der Waals surface area contributed by atoms with Crippen LogP contribution in [0.1, 0.15) is 27.2 Å². The Morgan fingerprint density at radius 1 is 1.53 bits per heavy atom. The molecule has 0 saturated heterocycles. The molecule has 1 saturated carbocycles. The first-order chi connectivity index (χ1) is 8.95. The normalized spacial score (nSPS) is 24.6. The minimum atomic E-state index is -0.512. The van der Waals surface area contributed by atoms with Crippen LogP contribution in [0.2, 0.25) is 0 Å². The van der Waals surface area contributed by atoms with Crippen LogP contribution in [0.25, 0.3) is 0 Å². The van der Waals surface area contributed by atoms with Crippen molar-refractivity contribution in [1.29, 1.82) is 0 Å². The van der Waals surface area contributed by atoms with E-state index in [-0.39, 0.29) is 23.2 Å². The van der Waals surface area contributed by atoms with Gasteiger partial charge >= 0.3 is 5.69 Å². The third kappa shape index (κ3) is 2.65. The van der Waals surface area contributed by atoms with Crippen molar-refractivity contribution in [3.63, 3.8) is 0 Å². The van der Waals surface area contributed by atoms with Gasteiger partial charge in [-0.05, 0) is 13.3 Å². The molecule has 104 valence electrons. The molecule has 2 rings (SSSR count). The minimum Gasteiger partial charge on any atom is -0.378 e. The molecule has 1 aromatic heterocycles. The van der Waals surface area contributed by atoms with Gasteiger partial charge in [-0.15, -0.1) is 0 Å². The summed E-state index contributed by atoms with van der Waals surface area (Å²) < 4.78 is 5.64. The van der Waals surface area contributed by atoms with Gasteiger partial charge in [0.15, 0.2) is 0 Å². The number of anilines is 1. The van der Waals surface area contributed by atoms with Crippen LogP contribution < -0.4 is 5.32 Å². The van der Waals surface area contributed by atoms with Crippen molar-refractivity contribution in [2.75, 3.05) is 11.9 Å². The molecule has 2 unspecified atom stereocenters. The number of hydrogen-bond acceptors (Lipinski definition) is 6. The van der Waals surface area contributed by atoms with Crippen molar-refractivity contribution >= 4 is 11.6 Å². The first-order valence-corrected chi connectivity index (χ1v) is 6.29. The number of aromatic nitrogens is 2. The van der Waals surface area contributed by atoms with Gasteiger partial charge < -0.3 is 10.1 Å². The van der Waals surface area contributed by atoms with E-state index >= 15 is 0 Å². The third-order valence-corrected chi connectivity index (χ3v) is 3.70. The second-order valence-corrected chi connectivity index (χ2v) is 5.22. The lowest BCUT2D eigenvalue weighted by Gasteiger charge is -2.51. The van der Waals surface area contributed by atoms with E-state index in [2.05, 4.69) is 29.1 Å². The maximum absolute atomic E-state index is 10.5. The van der Waals surface area contributed by atoms with Crippen LogP contribution in [0.5, 0.6) is 0 Å². The van der Waals surface area contributed by atoms with Crippen molar-refractivity contribution in [2.24, 2.45) is 5.41 Å². The van der Waals surface area contributed by atoms with Gasteiger partial charge in [0.2, 0.25) is 5.95 Å². The minimum absolute atomic E-state index is 0.00114. The van der Waals surface area contributed by atoms with Crippen molar-refractivity contribution in [3.05, 3.63) is 22.5 Å². The number of rotatable bonds is 5. The fourth-order valence-electron chi connectivity index (χ4n) is 2.26. The van der Waals surface area contributed by atoms with Gasteiger partial charge in [-0.25, -0.2) is 9.97 Å². The lowest BCUT2D eigenvalue weighted by atomic mass is 9.64. The van der Waals surface area contributed by atoms with Crippen molar-refractivity contribution in [1.82, 2.24) is 9.97 Å². The predicted molar refractivity (Wildman–Crippen MR) is 69.9 cm³/mol. The summed E-state index contributed by atoms with van der Waals surface area (Å²) in [6, 6.07) is 0.213. The first kappa shape index (κ1) is 13.7. The van der Waals surface area contributed by atoms with Gasteiger partial charge in [0.25, 0.3) is 0 Å². The molecular formula is C12H18N4O3. The largest absolute Gasteiger partial charge is 0.378 e. The summed E-state index contributed by atoms with van der Waals surface area (Å²) in [5, 5.41) is 13.7. The van der Waals surface area contributed by atoms with Crippen LogP contribution in [0, 0.1) is 15.5 Å². The highest BCUT2D eigenvalue weighted by Gasteiger charge is 2.49. The molecule has 1 heterocycles.